The van der Waals surface area contributed by atoms with E-state index in [4.69, 9.17) is 4.74 Å². The van der Waals surface area contributed by atoms with Crippen molar-refractivity contribution in [2.24, 2.45) is 0 Å². The third kappa shape index (κ3) is 4.80. The van der Waals surface area contributed by atoms with Gasteiger partial charge in [-0.15, -0.1) is 0 Å². The Morgan fingerprint density at radius 3 is 2.35 bits per heavy atom. The van der Waals surface area contributed by atoms with Crippen LogP contribution >= 0.6 is 0 Å². The first kappa shape index (κ1) is 23.8. The van der Waals surface area contributed by atoms with E-state index in [-0.39, 0.29) is 22.4 Å². The molecule has 178 valence electrons. The van der Waals surface area contributed by atoms with Gasteiger partial charge in [0.1, 0.15) is 11.4 Å². The number of fused-ring (bicyclic) bond motifs is 1. The van der Waals surface area contributed by atoms with Gasteiger partial charge in [0.15, 0.2) is 0 Å². The Balaban J connectivity index is 1.54. The smallest absolute Gasteiger partial charge is 0.261 e. The highest BCUT2D eigenvalue weighted by Crippen LogP contribution is 2.42. The fraction of sp³-hybridized carbons (Fsp3) is 0.296. The summed E-state index contributed by atoms with van der Waals surface area (Å²) in [6.07, 6.45) is 2.38. The average molecular weight is 479 g/mol. The Hall–Kier alpha value is -3.32. The van der Waals surface area contributed by atoms with Crippen LogP contribution in [0.1, 0.15) is 60.6 Å². The van der Waals surface area contributed by atoms with Crippen molar-refractivity contribution >= 4 is 21.6 Å². The second kappa shape index (κ2) is 9.50. The van der Waals surface area contributed by atoms with Crippen LogP contribution in [0.5, 0.6) is 5.75 Å². The number of anilines is 1. The number of hydrogen-bond donors (Lipinski definition) is 2. The predicted molar refractivity (Wildman–Crippen MR) is 134 cm³/mol. The Kier molecular flexibility index (Phi) is 6.66. The van der Waals surface area contributed by atoms with E-state index in [0.29, 0.717) is 23.2 Å². The second-order valence-electron chi connectivity index (χ2n) is 8.71. The molecular weight excluding hydrogens is 448 g/mol. The Bertz CT molecular complexity index is 1280. The molecule has 1 aliphatic heterocycles. The SMILES string of the molecule is CCC1(CC)CC(NC(=O)c2ccc(NS(=O)(=O)c3ccccc3)c(C)c2)c2ccccc2O1. The highest BCUT2D eigenvalue weighted by molar-refractivity contribution is 7.92. The summed E-state index contributed by atoms with van der Waals surface area (Å²) < 4.78 is 34.3. The molecule has 0 fully saturated rings. The van der Waals surface area contributed by atoms with Gasteiger partial charge in [0.2, 0.25) is 0 Å². The lowest BCUT2D eigenvalue weighted by Gasteiger charge is -2.41. The molecule has 0 saturated carbocycles. The molecule has 0 saturated heterocycles. The summed E-state index contributed by atoms with van der Waals surface area (Å²) in [6.45, 7) is 5.99. The molecule has 6 nitrogen and oxygen atoms in total. The molecule has 2 N–H and O–H groups in total. The number of sulfonamides is 1. The van der Waals surface area contributed by atoms with E-state index >= 15 is 0 Å². The molecule has 0 radical (unpaired) electrons. The van der Waals surface area contributed by atoms with Gasteiger partial charge in [0, 0.05) is 17.5 Å². The molecule has 3 aromatic carbocycles. The van der Waals surface area contributed by atoms with Crippen LogP contribution in [0, 0.1) is 6.92 Å². The van der Waals surface area contributed by atoms with Gasteiger partial charge in [0.25, 0.3) is 15.9 Å². The van der Waals surface area contributed by atoms with E-state index in [2.05, 4.69) is 23.9 Å². The minimum absolute atomic E-state index is 0.172. The zero-order valence-corrected chi connectivity index (χ0v) is 20.5. The molecule has 3 aromatic rings. The standard InChI is InChI=1S/C27H30N2O4S/c1-4-27(5-2)18-24(22-13-9-10-14-25(22)33-27)28-26(30)20-15-16-23(19(3)17-20)29-34(31,32)21-11-7-6-8-12-21/h6-17,24,29H,4-5,18H2,1-3H3,(H,28,30). The molecule has 1 aliphatic rings. The van der Waals surface area contributed by atoms with Crippen molar-refractivity contribution in [2.45, 2.75) is 56.6 Å². The lowest BCUT2D eigenvalue weighted by atomic mass is 9.83. The van der Waals surface area contributed by atoms with Crippen molar-refractivity contribution in [3.05, 3.63) is 89.5 Å². The fourth-order valence-electron chi connectivity index (χ4n) is 4.39. The van der Waals surface area contributed by atoms with Gasteiger partial charge in [0.05, 0.1) is 16.6 Å². The molecule has 0 aliphatic carbocycles. The number of benzene rings is 3. The second-order valence-corrected chi connectivity index (χ2v) is 10.4. The van der Waals surface area contributed by atoms with Gasteiger partial charge in [-0.1, -0.05) is 50.2 Å². The monoisotopic (exact) mass is 478 g/mol. The van der Waals surface area contributed by atoms with Gasteiger partial charge in [-0.05, 0) is 61.7 Å². The van der Waals surface area contributed by atoms with Gasteiger partial charge in [-0.3, -0.25) is 9.52 Å². The minimum atomic E-state index is -3.71. The van der Waals surface area contributed by atoms with Crippen LogP contribution in [0.4, 0.5) is 5.69 Å². The maximum atomic E-state index is 13.2. The van der Waals surface area contributed by atoms with Crippen LogP contribution in [-0.4, -0.2) is 19.9 Å². The molecule has 1 atom stereocenters. The topological polar surface area (TPSA) is 84.5 Å². The molecule has 0 aromatic heterocycles. The first-order valence-corrected chi connectivity index (χ1v) is 13.0. The van der Waals surface area contributed by atoms with Crippen LogP contribution in [-0.2, 0) is 10.0 Å². The van der Waals surface area contributed by atoms with E-state index in [9.17, 15) is 13.2 Å². The average Bonchev–Trinajstić information content (AvgIpc) is 2.85. The summed E-state index contributed by atoms with van der Waals surface area (Å²) in [4.78, 5) is 13.4. The number of hydrogen-bond acceptors (Lipinski definition) is 4. The number of ether oxygens (including phenoxy) is 1. The van der Waals surface area contributed by atoms with Crippen LogP contribution in [0.25, 0.3) is 0 Å². The quantitative estimate of drug-likeness (QED) is 0.462. The van der Waals surface area contributed by atoms with Crippen LogP contribution in [0.3, 0.4) is 0 Å². The molecular formula is C27H30N2O4S. The third-order valence-corrected chi connectivity index (χ3v) is 7.96. The fourth-order valence-corrected chi connectivity index (χ4v) is 5.55. The van der Waals surface area contributed by atoms with Crippen molar-refractivity contribution in [2.75, 3.05) is 4.72 Å². The lowest BCUT2D eigenvalue weighted by molar-refractivity contribution is 0.0227. The van der Waals surface area contributed by atoms with E-state index in [1.54, 1.807) is 43.3 Å². The normalized spacial score (nSPS) is 16.7. The number of aryl methyl sites for hydroxylation is 1. The first-order valence-electron chi connectivity index (χ1n) is 11.5. The van der Waals surface area contributed by atoms with Crippen LogP contribution in [0.2, 0.25) is 0 Å². The highest BCUT2D eigenvalue weighted by Gasteiger charge is 2.39. The lowest BCUT2D eigenvalue weighted by Crippen LogP contribution is -2.44. The zero-order valence-electron chi connectivity index (χ0n) is 19.7. The maximum absolute atomic E-state index is 13.2. The van der Waals surface area contributed by atoms with Crippen molar-refractivity contribution in [1.82, 2.24) is 5.32 Å². The molecule has 0 spiro atoms. The van der Waals surface area contributed by atoms with Crippen molar-refractivity contribution < 1.29 is 17.9 Å². The van der Waals surface area contributed by atoms with E-state index in [0.717, 1.165) is 24.2 Å². The number of rotatable bonds is 7. The molecule has 34 heavy (non-hydrogen) atoms. The number of amides is 1. The molecule has 1 amide bonds. The van der Waals surface area contributed by atoms with Gasteiger partial charge >= 0.3 is 0 Å². The largest absolute Gasteiger partial charge is 0.487 e. The Labute approximate surface area is 201 Å². The maximum Gasteiger partial charge on any atom is 0.261 e. The number of para-hydroxylation sites is 1. The number of carbonyl (C=O) groups excluding carboxylic acids is 1. The molecule has 1 heterocycles. The zero-order chi connectivity index (χ0) is 24.3. The van der Waals surface area contributed by atoms with Crippen molar-refractivity contribution in [3.8, 4) is 5.75 Å². The first-order chi connectivity index (χ1) is 16.3. The van der Waals surface area contributed by atoms with E-state index < -0.39 is 10.0 Å². The molecule has 1 unspecified atom stereocenters. The van der Waals surface area contributed by atoms with Gasteiger partial charge in [-0.25, -0.2) is 8.42 Å². The summed E-state index contributed by atoms with van der Waals surface area (Å²) in [7, 11) is -3.71. The van der Waals surface area contributed by atoms with E-state index in [1.165, 1.54) is 12.1 Å². The Morgan fingerprint density at radius 2 is 1.68 bits per heavy atom. The summed E-state index contributed by atoms with van der Waals surface area (Å²) in [5.74, 6) is 0.605. The summed E-state index contributed by atoms with van der Waals surface area (Å²) >= 11 is 0. The molecule has 4 rings (SSSR count). The van der Waals surface area contributed by atoms with E-state index in [1.807, 2.05) is 24.3 Å². The summed E-state index contributed by atoms with van der Waals surface area (Å²) in [5, 5.41) is 3.18. The van der Waals surface area contributed by atoms with Crippen molar-refractivity contribution in [1.29, 1.82) is 0 Å². The van der Waals surface area contributed by atoms with Gasteiger partial charge < -0.3 is 10.1 Å². The van der Waals surface area contributed by atoms with Crippen LogP contribution < -0.4 is 14.8 Å². The highest BCUT2D eigenvalue weighted by atomic mass is 32.2. The third-order valence-electron chi connectivity index (χ3n) is 6.58. The summed E-state index contributed by atoms with van der Waals surface area (Å²) in [6, 6.07) is 20.8. The van der Waals surface area contributed by atoms with Crippen LogP contribution in [0.15, 0.2) is 77.7 Å². The predicted octanol–water partition coefficient (Wildman–Crippen LogP) is 5.61. The minimum Gasteiger partial charge on any atom is -0.487 e. The van der Waals surface area contributed by atoms with Gasteiger partial charge in [-0.2, -0.15) is 0 Å². The Morgan fingerprint density at radius 1 is 1.00 bits per heavy atom. The summed E-state index contributed by atoms with van der Waals surface area (Å²) in [5.41, 5.74) is 2.23. The molecule has 7 heteroatoms. The number of nitrogens with one attached hydrogen (secondary N) is 2. The number of carbonyl (C=O) groups is 1. The molecule has 0 bridgehead atoms. The van der Waals surface area contributed by atoms with Crippen molar-refractivity contribution in [3.63, 3.8) is 0 Å².